The molecule has 1 unspecified atom stereocenters. The van der Waals surface area contributed by atoms with Gasteiger partial charge in [-0.1, -0.05) is 0 Å². The van der Waals surface area contributed by atoms with Crippen molar-refractivity contribution in [2.45, 2.75) is 13.0 Å². The van der Waals surface area contributed by atoms with Gasteiger partial charge in [0.25, 0.3) is 0 Å². The quantitative estimate of drug-likeness (QED) is 0.804. The Kier molecular flexibility index (Phi) is 3.51. The van der Waals surface area contributed by atoms with E-state index in [9.17, 15) is 0 Å². The van der Waals surface area contributed by atoms with Gasteiger partial charge in [0.15, 0.2) is 11.5 Å². The Morgan fingerprint density at radius 3 is 2.82 bits per heavy atom. The minimum Gasteiger partial charge on any atom is -0.352 e. The van der Waals surface area contributed by atoms with Crippen LogP contribution < -0.4 is 4.90 Å². The second-order valence-electron chi connectivity index (χ2n) is 5.55. The Hall–Kier alpha value is -1.99. The first-order valence-corrected chi connectivity index (χ1v) is 8.42. The van der Waals surface area contributed by atoms with Gasteiger partial charge in [-0.25, -0.2) is 15.0 Å². The Balaban J connectivity index is 1.49. The van der Waals surface area contributed by atoms with E-state index in [0.29, 0.717) is 6.04 Å². The fourth-order valence-corrected chi connectivity index (χ4v) is 3.78. The predicted molar refractivity (Wildman–Crippen MR) is 88.2 cm³/mol. The molecule has 6 nitrogen and oxygen atoms in total. The Bertz CT molecular complexity index is 744. The molecular weight excluding hydrogens is 296 g/mol. The summed E-state index contributed by atoms with van der Waals surface area (Å²) in [4.78, 5) is 20.8. The molecule has 4 rings (SSSR count). The maximum atomic E-state index is 4.45. The molecule has 1 atom stereocenters. The fraction of sp³-hybridized carbons (Fsp3) is 0.400. The zero-order valence-corrected chi connectivity index (χ0v) is 13.3. The highest BCUT2D eigenvalue weighted by molar-refractivity contribution is 7.07. The van der Waals surface area contributed by atoms with E-state index in [4.69, 9.17) is 0 Å². The smallest absolute Gasteiger partial charge is 0.182 e. The van der Waals surface area contributed by atoms with Crippen molar-refractivity contribution in [3.63, 3.8) is 0 Å². The van der Waals surface area contributed by atoms with Crippen LogP contribution in [0.25, 0.3) is 11.2 Å². The average molecular weight is 314 g/mol. The van der Waals surface area contributed by atoms with Gasteiger partial charge < -0.3 is 9.88 Å². The van der Waals surface area contributed by atoms with Gasteiger partial charge in [-0.15, -0.1) is 0 Å². The average Bonchev–Trinajstić information content (AvgIpc) is 3.25. The molecule has 0 aromatic carbocycles. The van der Waals surface area contributed by atoms with Gasteiger partial charge in [0.05, 0.1) is 6.33 Å². The third kappa shape index (κ3) is 2.36. The zero-order chi connectivity index (χ0) is 14.9. The van der Waals surface area contributed by atoms with Crippen molar-refractivity contribution < 1.29 is 0 Å². The number of anilines is 1. The van der Waals surface area contributed by atoms with E-state index in [-0.39, 0.29) is 0 Å². The van der Waals surface area contributed by atoms with Crippen molar-refractivity contribution in [2.75, 3.05) is 31.1 Å². The second kappa shape index (κ2) is 5.66. The van der Waals surface area contributed by atoms with Crippen LogP contribution in [-0.4, -0.2) is 51.0 Å². The molecule has 0 spiro atoms. The number of nitrogens with one attached hydrogen (secondary N) is 1. The van der Waals surface area contributed by atoms with E-state index < -0.39 is 0 Å². The predicted octanol–water partition coefficient (Wildman–Crippen LogP) is 2.30. The fourth-order valence-electron chi connectivity index (χ4n) is 3.04. The molecule has 1 saturated heterocycles. The topological polar surface area (TPSA) is 60.9 Å². The van der Waals surface area contributed by atoms with Crippen LogP contribution in [0, 0.1) is 0 Å². The minimum atomic E-state index is 0.478. The van der Waals surface area contributed by atoms with Crippen molar-refractivity contribution in [3.05, 3.63) is 35.0 Å². The summed E-state index contributed by atoms with van der Waals surface area (Å²) >= 11 is 1.77. The number of fused-ring (bicyclic) bond motifs is 1. The van der Waals surface area contributed by atoms with Crippen LogP contribution in [0.15, 0.2) is 29.5 Å². The van der Waals surface area contributed by atoms with Crippen LogP contribution in [0.4, 0.5) is 5.82 Å². The summed E-state index contributed by atoms with van der Waals surface area (Å²) in [6, 6.07) is 2.70. The van der Waals surface area contributed by atoms with Crippen LogP contribution >= 0.6 is 11.3 Å². The molecule has 22 heavy (non-hydrogen) atoms. The van der Waals surface area contributed by atoms with E-state index >= 15 is 0 Å². The van der Waals surface area contributed by atoms with Crippen molar-refractivity contribution in [1.29, 1.82) is 0 Å². The lowest BCUT2D eigenvalue weighted by Gasteiger charge is -2.38. The van der Waals surface area contributed by atoms with E-state index in [2.05, 4.69) is 53.5 Å². The summed E-state index contributed by atoms with van der Waals surface area (Å²) in [5.41, 5.74) is 3.08. The van der Waals surface area contributed by atoms with Gasteiger partial charge in [-0.2, -0.15) is 11.3 Å². The minimum absolute atomic E-state index is 0.478. The third-order valence-electron chi connectivity index (χ3n) is 4.39. The van der Waals surface area contributed by atoms with Crippen LogP contribution in [0.5, 0.6) is 0 Å². The first kappa shape index (κ1) is 13.7. The van der Waals surface area contributed by atoms with Gasteiger partial charge >= 0.3 is 0 Å². The summed E-state index contributed by atoms with van der Waals surface area (Å²) in [7, 11) is 0. The van der Waals surface area contributed by atoms with Crippen LogP contribution in [-0.2, 0) is 0 Å². The molecule has 0 radical (unpaired) electrons. The number of imidazole rings is 1. The molecular formula is C15H18N6S. The van der Waals surface area contributed by atoms with Gasteiger partial charge in [-0.05, 0) is 29.3 Å². The standard InChI is InChI=1S/C15H18N6S/c1-11(12-2-7-22-8-12)20-3-5-21(6-4-20)15-13-14(17-9-16-13)18-10-19-15/h2,7-11H,3-6H2,1H3,(H,16,17,18,19). The molecule has 4 heterocycles. The van der Waals surface area contributed by atoms with Gasteiger partial charge in [0.2, 0.25) is 0 Å². The first-order valence-electron chi connectivity index (χ1n) is 7.48. The van der Waals surface area contributed by atoms with Crippen molar-refractivity contribution in [2.24, 2.45) is 0 Å². The Morgan fingerprint density at radius 1 is 1.18 bits per heavy atom. The molecule has 0 aliphatic carbocycles. The number of thiophene rings is 1. The number of hydrogen-bond acceptors (Lipinski definition) is 6. The molecule has 0 saturated carbocycles. The molecule has 114 valence electrons. The maximum absolute atomic E-state index is 4.45. The summed E-state index contributed by atoms with van der Waals surface area (Å²) in [6.07, 6.45) is 3.27. The number of piperazine rings is 1. The molecule has 7 heteroatoms. The zero-order valence-electron chi connectivity index (χ0n) is 12.4. The molecule has 0 amide bonds. The van der Waals surface area contributed by atoms with Crippen molar-refractivity contribution >= 4 is 28.3 Å². The lowest BCUT2D eigenvalue weighted by molar-refractivity contribution is 0.198. The summed E-state index contributed by atoms with van der Waals surface area (Å²) in [5.74, 6) is 0.963. The molecule has 1 fully saturated rings. The van der Waals surface area contributed by atoms with Crippen molar-refractivity contribution in [3.8, 4) is 0 Å². The summed E-state index contributed by atoms with van der Waals surface area (Å²) < 4.78 is 0. The molecule has 1 N–H and O–H groups in total. The highest BCUT2D eigenvalue weighted by atomic mass is 32.1. The van der Waals surface area contributed by atoms with Gasteiger partial charge in [-0.3, -0.25) is 4.90 Å². The van der Waals surface area contributed by atoms with E-state index in [1.54, 1.807) is 24.0 Å². The molecule has 1 aliphatic rings. The SMILES string of the molecule is CC(c1ccsc1)N1CCN(c2ncnc3nc[nH]c23)CC1. The van der Waals surface area contributed by atoms with E-state index in [1.165, 1.54) is 5.56 Å². The van der Waals surface area contributed by atoms with Crippen molar-refractivity contribution in [1.82, 2.24) is 24.8 Å². The number of hydrogen-bond donors (Lipinski definition) is 1. The number of rotatable bonds is 3. The highest BCUT2D eigenvalue weighted by Crippen LogP contribution is 2.26. The largest absolute Gasteiger partial charge is 0.352 e. The third-order valence-corrected chi connectivity index (χ3v) is 5.09. The Morgan fingerprint density at radius 2 is 2.05 bits per heavy atom. The summed E-state index contributed by atoms with van der Waals surface area (Å²) in [5, 5.41) is 4.40. The van der Waals surface area contributed by atoms with Gasteiger partial charge in [0.1, 0.15) is 11.8 Å². The molecule has 3 aromatic rings. The lowest BCUT2D eigenvalue weighted by atomic mass is 10.1. The van der Waals surface area contributed by atoms with E-state index in [0.717, 1.165) is 43.2 Å². The van der Waals surface area contributed by atoms with Crippen LogP contribution in [0.1, 0.15) is 18.5 Å². The maximum Gasteiger partial charge on any atom is 0.182 e. The molecule has 1 aliphatic heterocycles. The number of H-pyrrole nitrogens is 1. The molecule has 3 aromatic heterocycles. The number of aromatic nitrogens is 4. The normalized spacial score (nSPS) is 18.0. The second-order valence-corrected chi connectivity index (χ2v) is 6.33. The van der Waals surface area contributed by atoms with Crippen LogP contribution in [0.3, 0.4) is 0 Å². The lowest BCUT2D eigenvalue weighted by Crippen LogP contribution is -2.47. The highest BCUT2D eigenvalue weighted by Gasteiger charge is 2.24. The van der Waals surface area contributed by atoms with Gasteiger partial charge in [0, 0.05) is 32.2 Å². The number of nitrogens with zero attached hydrogens (tertiary/aromatic N) is 5. The monoisotopic (exact) mass is 314 g/mol. The van der Waals surface area contributed by atoms with Crippen LogP contribution in [0.2, 0.25) is 0 Å². The number of aromatic amines is 1. The summed E-state index contributed by atoms with van der Waals surface area (Å²) in [6.45, 7) is 6.31. The first-order chi connectivity index (χ1) is 10.8. The molecule has 0 bridgehead atoms. The Labute approximate surface area is 132 Å². The van der Waals surface area contributed by atoms with E-state index in [1.807, 2.05) is 0 Å².